The molecule has 2 aliphatic rings. The van der Waals surface area contributed by atoms with Gasteiger partial charge >= 0.3 is 0 Å². The summed E-state index contributed by atoms with van der Waals surface area (Å²) >= 11 is 0. The van der Waals surface area contributed by atoms with E-state index < -0.39 is 0 Å². The number of aromatic nitrogens is 1. The molecule has 1 amide bonds. The minimum atomic E-state index is -0.253. The molecule has 0 radical (unpaired) electrons. The lowest BCUT2D eigenvalue weighted by atomic mass is 10.1. The first-order chi connectivity index (χ1) is 12.7. The number of oxazole rings is 1. The van der Waals surface area contributed by atoms with E-state index in [0.717, 1.165) is 38.0 Å². The quantitative estimate of drug-likeness (QED) is 0.825. The highest BCUT2D eigenvalue weighted by molar-refractivity contribution is 5.79. The van der Waals surface area contributed by atoms with Gasteiger partial charge in [-0.15, -0.1) is 0 Å². The summed E-state index contributed by atoms with van der Waals surface area (Å²) in [6, 6.07) is 6.41. The van der Waals surface area contributed by atoms with Crippen molar-refractivity contribution in [1.29, 1.82) is 0 Å². The normalized spacial score (nSPS) is 20.8. The number of carbonyl (C=O) groups excluding carboxylic acids is 1. The van der Waals surface area contributed by atoms with Crippen LogP contribution in [0.5, 0.6) is 0 Å². The average molecular weight is 357 g/mol. The monoisotopic (exact) mass is 357 g/mol. The number of halogens is 1. The maximum absolute atomic E-state index is 13.3. The molecule has 6 heteroatoms. The van der Waals surface area contributed by atoms with Gasteiger partial charge in [0.2, 0.25) is 11.8 Å². The Morgan fingerprint density at radius 3 is 2.88 bits per heavy atom. The Bertz CT molecular complexity index is 770. The SMILES string of the molecule is O=C(CN1CCCC1)N1CCC[C@@H]1c1ncc(Cc2cccc(F)c2)o1. The van der Waals surface area contributed by atoms with Gasteiger partial charge in [-0.05, 0) is 56.5 Å². The highest BCUT2D eigenvalue weighted by Gasteiger charge is 2.34. The van der Waals surface area contributed by atoms with Crippen LogP contribution in [0.4, 0.5) is 4.39 Å². The fourth-order valence-electron chi connectivity index (χ4n) is 3.95. The van der Waals surface area contributed by atoms with Crippen LogP contribution in [0.3, 0.4) is 0 Å². The molecule has 1 aromatic carbocycles. The van der Waals surface area contributed by atoms with Crippen LogP contribution in [-0.2, 0) is 11.2 Å². The number of hydrogen-bond donors (Lipinski definition) is 0. The van der Waals surface area contributed by atoms with Crippen molar-refractivity contribution in [2.75, 3.05) is 26.2 Å². The summed E-state index contributed by atoms with van der Waals surface area (Å²) in [5, 5.41) is 0. The van der Waals surface area contributed by atoms with Gasteiger partial charge in [-0.2, -0.15) is 0 Å². The number of hydrogen-bond acceptors (Lipinski definition) is 4. The van der Waals surface area contributed by atoms with E-state index in [9.17, 15) is 9.18 Å². The van der Waals surface area contributed by atoms with Gasteiger partial charge in [0, 0.05) is 13.0 Å². The highest BCUT2D eigenvalue weighted by atomic mass is 19.1. The van der Waals surface area contributed by atoms with E-state index in [-0.39, 0.29) is 17.8 Å². The smallest absolute Gasteiger partial charge is 0.237 e. The van der Waals surface area contributed by atoms with Crippen LogP contribution in [-0.4, -0.2) is 46.9 Å². The van der Waals surface area contributed by atoms with Crippen molar-refractivity contribution in [1.82, 2.24) is 14.8 Å². The fraction of sp³-hybridized carbons (Fsp3) is 0.500. The molecule has 2 aromatic rings. The van der Waals surface area contributed by atoms with Gasteiger partial charge in [0.15, 0.2) is 0 Å². The lowest BCUT2D eigenvalue weighted by Gasteiger charge is -2.25. The van der Waals surface area contributed by atoms with Crippen LogP contribution >= 0.6 is 0 Å². The molecule has 4 rings (SSSR count). The Hall–Kier alpha value is -2.21. The van der Waals surface area contributed by atoms with Crippen molar-refractivity contribution in [2.45, 2.75) is 38.1 Å². The molecule has 2 aliphatic heterocycles. The van der Waals surface area contributed by atoms with E-state index in [1.807, 2.05) is 11.0 Å². The van der Waals surface area contributed by atoms with Crippen LogP contribution in [0.1, 0.15) is 48.9 Å². The van der Waals surface area contributed by atoms with Crippen LogP contribution < -0.4 is 0 Å². The second-order valence-corrected chi connectivity index (χ2v) is 7.20. The number of nitrogens with zero attached hydrogens (tertiary/aromatic N) is 3. The first-order valence-electron chi connectivity index (χ1n) is 9.40. The predicted molar refractivity (Wildman–Crippen MR) is 95.1 cm³/mol. The van der Waals surface area contributed by atoms with Crippen LogP contribution in [0.15, 0.2) is 34.9 Å². The Labute approximate surface area is 152 Å². The standard InChI is InChI=1S/C20H24FN3O2/c21-16-6-3-5-15(11-16)12-17-13-22-20(26-17)18-7-4-10-24(18)19(25)14-23-8-1-2-9-23/h3,5-6,11,13,18H,1-2,4,7-10,12,14H2/t18-/m1/s1. The number of rotatable bonds is 5. The van der Waals surface area contributed by atoms with E-state index in [2.05, 4.69) is 9.88 Å². The van der Waals surface area contributed by atoms with E-state index in [1.165, 1.54) is 25.0 Å². The molecule has 0 spiro atoms. The molecular formula is C20H24FN3O2. The van der Waals surface area contributed by atoms with Crippen LogP contribution in [0, 0.1) is 5.82 Å². The third-order valence-corrected chi connectivity index (χ3v) is 5.25. The summed E-state index contributed by atoms with van der Waals surface area (Å²) in [6.45, 7) is 3.29. The van der Waals surface area contributed by atoms with Crippen molar-refractivity contribution < 1.29 is 13.6 Å². The molecule has 0 unspecified atom stereocenters. The van der Waals surface area contributed by atoms with E-state index >= 15 is 0 Å². The zero-order chi connectivity index (χ0) is 17.9. The fourth-order valence-corrected chi connectivity index (χ4v) is 3.95. The molecule has 5 nitrogen and oxygen atoms in total. The Kier molecular flexibility index (Phi) is 5.02. The Balaban J connectivity index is 1.43. The number of carbonyl (C=O) groups is 1. The molecule has 0 bridgehead atoms. The molecule has 2 saturated heterocycles. The second-order valence-electron chi connectivity index (χ2n) is 7.20. The molecule has 0 N–H and O–H groups in total. The van der Waals surface area contributed by atoms with E-state index in [4.69, 9.17) is 4.42 Å². The number of benzene rings is 1. The zero-order valence-corrected chi connectivity index (χ0v) is 14.9. The van der Waals surface area contributed by atoms with Gasteiger partial charge in [-0.1, -0.05) is 12.1 Å². The topological polar surface area (TPSA) is 49.6 Å². The second kappa shape index (κ2) is 7.58. The Morgan fingerprint density at radius 1 is 1.23 bits per heavy atom. The van der Waals surface area contributed by atoms with Gasteiger partial charge in [0.1, 0.15) is 17.6 Å². The molecule has 0 aliphatic carbocycles. The number of likely N-dealkylation sites (tertiary alicyclic amines) is 2. The van der Waals surface area contributed by atoms with Crippen molar-refractivity contribution in [2.24, 2.45) is 0 Å². The molecule has 0 saturated carbocycles. The predicted octanol–water partition coefficient (Wildman–Crippen LogP) is 3.16. The largest absolute Gasteiger partial charge is 0.443 e. The van der Waals surface area contributed by atoms with Gasteiger partial charge in [0.25, 0.3) is 0 Å². The highest BCUT2D eigenvalue weighted by Crippen LogP contribution is 2.32. The molecule has 2 fully saturated rings. The van der Waals surface area contributed by atoms with Gasteiger partial charge in [-0.25, -0.2) is 9.37 Å². The van der Waals surface area contributed by atoms with E-state index in [1.54, 1.807) is 12.3 Å². The van der Waals surface area contributed by atoms with Crippen LogP contribution in [0.2, 0.25) is 0 Å². The van der Waals surface area contributed by atoms with E-state index in [0.29, 0.717) is 24.6 Å². The van der Waals surface area contributed by atoms with Gasteiger partial charge in [-0.3, -0.25) is 9.69 Å². The van der Waals surface area contributed by atoms with Crippen molar-refractivity contribution >= 4 is 5.91 Å². The van der Waals surface area contributed by atoms with Gasteiger partial charge in [0.05, 0.1) is 12.7 Å². The van der Waals surface area contributed by atoms with Crippen molar-refractivity contribution in [3.05, 3.63) is 53.5 Å². The first kappa shape index (κ1) is 17.2. The first-order valence-corrected chi connectivity index (χ1v) is 9.40. The average Bonchev–Trinajstić information content (AvgIpc) is 3.36. The summed E-state index contributed by atoms with van der Waals surface area (Å²) in [5.74, 6) is 1.21. The minimum absolute atomic E-state index is 0.0774. The molecule has 1 aromatic heterocycles. The number of amides is 1. The van der Waals surface area contributed by atoms with Crippen molar-refractivity contribution in [3.63, 3.8) is 0 Å². The third-order valence-electron chi connectivity index (χ3n) is 5.25. The van der Waals surface area contributed by atoms with Crippen LogP contribution in [0.25, 0.3) is 0 Å². The molecule has 1 atom stereocenters. The molecule has 138 valence electrons. The zero-order valence-electron chi connectivity index (χ0n) is 14.9. The summed E-state index contributed by atoms with van der Waals surface area (Å²) < 4.78 is 19.3. The summed E-state index contributed by atoms with van der Waals surface area (Å²) in [5.41, 5.74) is 0.848. The lowest BCUT2D eigenvalue weighted by Crippen LogP contribution is -2.39. The molecular weight excluding hydrogens is 333 g/mol. The molecule has 26 heavy (non-hydrogen) atoms. The maximum atomic E-state index is 13.3. The van der Waals surface area contributed by atoms with Gasteiger partial charge < -0.3 is 9.32 Å². The Morgan fingerprint density at radius 2 is 2.08 bits per heavy atom. The minimum Gasteiger partial charge on any atom is -0.443 e. The van der Waals surface area contributed by atoms with Crippen molar-refractivity contribution in [3.8, 4) is 0 Å². The molecule has 3 heterocycles. The lowest BCUT2D eigenvalue weighted by molar-refractivity contribution is -0.133. The summed E-state index contributed by atoms with van der Waals surface area (Å²) in [7, 11) is 0. The summed E-state index contributed by atoms with van der Waals surface area (Å²) in [4.78, 5) is 21.2. The summed E-state index contributed by atoms with van der Waals surface area (Å²) in [6.07, 6.45) is 6.41. The third kappa shape index (κ3) is 3.80. The maximum Gasteiger partial charge on any atom is 0.237 e.